The lowest BCUT2D eigenvalue weighted by Crippen LogP contribution is -1.97. The van der Waals surface area contributed by atoms with E-state index in [0.717, 1.165) is 5.69 Å². The first-order valence-electron chi connectivity index (χ1n) is 6.88. The van der Waals surface area contributed by atoms with Crippen LogP contribution in [0.1, 0.15) is 56.5 Å². The van der Waals surface area contributed by atoms with Crippen molar-refractivity contribution >= 4 is 11.9 Å². The quantitative estimate of drug-likeness (QED) is 0.791. The van der Waals surface area contributed by atoms with Crippen LogP contribution in [0.4, 0.5) is 5.69 Å². The summed E-state index contributed by atoms with van der Waals surface area (Å²) in [6, 6.07) is 6.37. The second-order valence-electron chi connectivity index (χ2n) is 5.35. The molecule has 1 aromatic heterocycles. The molecule has 2 rings (SSSR count). The van der Waals surface area contributed by atoms with Crippen LogP contribution in [0, 0.1) is 0 Å². The Kier molecular flexibility index (Phi) is 4.56. The maximum absolute atomic E-state index is 4.64. The third kappa shape index (κ3) is 3.26. The van der Waals surface area contributed by atoms with Gasteiger partial charge in [-0.3, -0.25) is 4.99 Å². The van der Waals surface area contributed by atoms with Crippen LogP contribution < -0.4 is 0 Å². The third-order valence-corrected chi connectivity index (χ3v) is 3.16. The predicted molar refractivity (Wildman–Crippen MR) is 81.7 cm³/mol. The van der Waals surface area contributed by atoms with Crippen molar-refractivity contribution in [2.75, 3.05) is 0 Å². The first-order valence-corrected chi connectivity index (χ1v) is 6.88. The monoisotopic (exact) mass is 268 g/mol. The van der Waals surface area contributed by atoms with Gasteiger partial charge in [-0.2, -0.15) is 0 Å². The predicted octanol–water partition coefficient (Wildman–Crippen LogP) is 3.87. The van der Waals surface area contributed by atoms with Crippen molar-refractivity contribution in [1.82, 2.24) is 15.0 Å². The number of benzene rings is 1. The van der Waals surface area contributed by atoms with E-state index in [9.17, 15) is 0 Å². The lowest BCUT2D eigenvalue weighted by atomic mass is 9.93. The Labute approximate surface area is 120 Å². The third-order valence-electron chi connectivity index (χ3n) is 3.16. The van der Waals surface area contributed by atoms with Gasteiger partial charge in [0.2, 0.25) is 0 Å². The van der Waals surface area contributed by atoms with E-state index in [2.05, 4.69) is 65.8 Å². The van der Waals surface area contributed by atoms with Crippen molar-refractivity contribution in [3.8, 4) is 0 Å². The molecule has 0 aliphatic heterocycles. The molecule has 0 fully saturated rings. The van der Waals surface area contributed by atoms with Gasteiger partial charge in [0.1, 0.15) is 12.7 Å². The van der Waals surface area contributed by atoms with E-state index in [0.29, 0.717) is 17.7 Å². The van der Waals surface area contributed by atoms with Crippen LogP contribution in [0.15, 0.2) is 35.8 Å². The summed E-state index contributed by atoms with van der Waals surface area (Å²) in [7, 11) is 0. The van der Waals surface area contributed by atoms with Crippen LogP contribution >= 0.6 is 0 Å². The molecule has 104 valence electrons. The Bertz CT molecular complexity index is 562. The molecular weight excluding hydrogens is 248 g/mol. The van der Waals surface area contributed by atoms with Crippen molar-refractivity contribution in [3.63, 3.8) is 0 Å². The highest BCUT2D eigenvalue weighted by Gasteiger charge is 2.12. The average Bonchev–Trinajstić information content (AvgIpc) is 2.45. The minimum atomic E-state index is 0.430. The van der Waals surface area contributed by atoms with E-state index < -0.39 is 0 Å². The summed E-state index contributed by atoms with van der Waals surface area (Å²) in [5.74, 6) is 1.44. The van der Waals surface area contributed by atoms with Crippen molar-refractivity contribution in [3.05, 3.63) is 47.8 Å². The van der Waals surface area contributed by atoms with Gasteiger partial charge in [0.15, 0.2) is 5.82 Å². The largest absolute Gasteiger partial charge is 0.252 e. The minimum Gasteiger partial charge on any atom is -0.252 e. The summed E-state index contributed by atoms with van der Waals surface area (Å²) < 4.78 is 0. The van der Waals surface area contributed by atoms with Crippen molar-refractivity contribution in [2.45, 2.75) is 39.5 Å². The van der Waals surface area contributed by atoms with Gasteiger partial charge in [-0.25, -0.2) is 15.0 Å². The first kappa shape index (κ1) is 14.3. The number of hydrogen-bond acceptors (Lipinski definition) is 4. The molecule has 0 saturated heterocycles. The number of hydrogen-bond donors (Lipinski definition) is 0. The van der Waals surface area contributed by atoms with Crippen molar-refractivity contribution in [1.29, 1.82) is 0 Å². The molecule has 0 bridgehead atoms. The molecule has 0 saturated carbocycles. The number of rotatable bonds is 4. The second kappa shape index (κ2) is 6.37. The van der Waals surface area contributed by atoms with Crippen LogP contribution in [0.25, 0.3) is 0 Å². The van der Waals surface area contributed by atoms with E-state index in [1.54, 1.807) is 6.21 Å². The Morgan fingerprint density at radius 2 is 1.50 bits per heavy atom. The van der Waals surface area contributed by atoms with Gasteiger partial charge >= 0.3 is 0 Å². The second-order valence-corrected chi connectivity index (χ2v) is 5.35. The zero-order chi connectivity index (χ0) is 14.5. The fraction of sp³-hybridized carbons (Fsp3) is 0.375. The molecule has 4 nitrogen and oxygen atoms in total. The fourth-order valence-corrected chi connectivity index (χ4v) is 2.10. The topological polar surface area (TPSA) is 51.0 Å². The van der Waals surface area contributed by atoms with E-state index in [1.165, 1.54) is 23.8 Å². The summed E-state index contributed by atoms with van der Waals surface area (Å²) in [6.07, 6.45) is 4.66. The van der Waals surface area contributed by atoms with E-state index in [1.807, 2.05) is 0 Å². The molecule has 0 atom stereocenters. The van der Waals surface area contributed by atoms with E-state index in [-0.39, 0.29) is 0 Å². The molecule has 1 heterocycles. The lowest BCUT2D eigenvalue weighted by molar-refractivity contribution is 0.835. The molecule has 20 heavy (non-hydrogen) atoms. The molecule has 0 N–H and O–H groups in total. The minimum absolute atomic E-state index is 0.430. The van der Waals surface area contributed by atoms with Crippen LogP contribution in [0.3, 0.4) is 0 Å². The summed E-state index contributed by atoms with van der Waals surface area (Å²) in [5.41, 5.74) is 3.54. The smallest absolute Gasteiger partial charge is 0.173 e. The molecule has 0 aliphatic rings. The molecule has 0 radical (unpaired) electrons. The molecule has 0 spiro atoms. The summed E-state index contributed by atoms with van der Waals surface area (Å²) in [5, 5.41) is 0. The Balaban J connectivity index is 2.46. The summed E-state index contributed by atoms with van der Waals surface area (Å²) in [6.45, 7) is 8.73. The van der Waals surface area contributed by atoms with Crippen LogP contribution in [-0.2, 0) is 0 Å². The zero-order valence-corrected chi connectivity index (χ0v) is 12.4. The average molecular weight is 268 g/mol. The SMILES string of the molecule is CC(C)c1cccc(C(C)C)c1N=Cc1ncncn1. The molecule has 0 unspecified atom stereocenters. The van der Waals surface area contributed by atoms with Gasteiger partial charge in [-0.1, -0.05) is 45.9 Å². The highest BCUT2D eigenvalue weighted by molar-refractivity contribution is 5.78. The maximum atomic E-state index is 4.64. The molecule has 2 aromatic rings. The molecule has 0 aliphatic carbocycles. The van der Waals surface area contributed by atoms with Gasteiger partial charge in [-0.15, -0.1) is 0 Å². The molecular formula is C16H20N4. The van der Waals surface area contributed by atoms with Gasteiger partial charge < -0.3 is 0 Å². The molecule has 4 heteroatoms. The van der Waals surface area contributed by atoms with Crippen LogP contribution in [0.5, 0.6) is 0 Å². The lowest BCUT2D eigenvalue weighted by Gasteiger charge is -2.16. The number of aliphatic imine (C=N–C) groups is 1. The number of aromatic nitrogens is 3. The number of nitrogens with zero attached hydrogens (tertiary/aromatic N) is 4. The normalized spacial score (nSPS) is 11.7. The molecule has 0 amide bonds. The first-order chi connectivity index (χ1) is 9.59. The Hall–Kier alpha value is -2.10. The summed E-state index contributed by atoms with van der Waals surface area (Å²) >= 11 is 0. The maximum Gasteiger partial charge on any atom is 0.173 e. The van der Waals surface area contributed by atoms with Gasteiger partial charge in [0.25, 0.3) is 0 Å². The number of para-hydroxylation sites is 1. The van der Waals surface area contributed by atoms with E-state index >= 15 is 0 Å². The zero-order valence-electron chi connectivity index (χ0n) is 12.4. The highest BCUT2D eigenvalue weighted by Crippen LogP contribution is 2.34. The van der Waals surface area contributed by atoms with E-state index in [4.69, 9.17) is 0 Å². The molecule has 1 aromatic carbocycles. The Morgan fingerprint density at radius 3 is 2.00 bits per heavy atom. The van der Waals surface area contributed by atoms with Crippen LogP contribution in [0.2, 0.25) is 0 Å². The standard InChI is InChI=1S/C16H20N4/c1-11(2)13-6-5-7-14(12(3)4)16(13)18-8-15-19-9-17-10-20-15/h5-12H,1-4H3. The highest BCUT2D eigenvalue weighted by atomic mass is 15.0. The fourth-order valence-electron chi connectivity index (χ4n) is 2.10. The van der Waals surface area contributed by atoms with Gasteiger partial charge in [-0.05, 0) is 23.0 Å². The Morgan fingerprint density at radius 1 is 0.950 bits per heavy atom. The van der Waals surface area contributed by atoms with Gasteiger partial charge in [0, 0.05) is 0 Å². The van der Waals surface area contributed by atoms with Crippen LogP contribution in [-0.4, -0.2) is 21.2 Å². The van der Waals surface area contributed by atoms with Crippen molar-refractivity contribution in [2.24, 2.45) is 4.99 Å². The van der Waals surface area contributed by atoms with Crippen molar-refractivity contribution < 1.29 is 0 Å². The summed E-state index contributed by atoms with van der Waals surface area (Å²) in [4.78, 5) is 16.6. The van der Waals surface area contributed by atoms with Gasteiger partial charge in [0.05, 0.1) is 11.9 Å².